The SMILES string of the molecule is CCn1c(=O)/c(=C2\C=CC=CN2C)s/c1=C1\S/C(=N\c2scc[n+]2C)N(C(C)C)C1=O. The van der Waals surface area contributed by atoms with Gasteiger partial charge in [0.25, 0.3) is 16.6 Å². The van der Waals surface area contributed by atoms with Crippen molar-refractivity contribution in [2.75, 3.05) is 7.05 Å². The maximum absolute atomic E-state index is 13.4. The van der Waals surface area contributed by atoms with Gasteiger partial charge in [-0.3, -0.25) is 19.1 Å². The van der Waals surface area contributed by atoms with Crippen molar-refractivity contribution in [1.29, 1.82) is 0 Å². The Hall–Kier alpha value is -2.43. The number of thioether (sulfide) groups is 1. The fourth-order valence-electron chi connectivity index (χ4n) is 3.35. The van der Waals surface area contributed by atoms with Crippen molar-refractivity contribution in [1.82, 2.24) is 14.4 Å². The van der Waals surface area contributed by atoms with Crippen LogP contribution in [0.5, 0.6) is 0 Å². The van der Waals surface area contributed by atoms with E-state index in [2.05, 4.69) is 0 Å². The highest BCUT2D eigenvalue weighted by molar-refractivity contribution is 8.23. The smallest absolute Gasteiger partial charge is 0.350 e. The van der Waals surface area contributed by atoms with Crippen LogP contribution in [0.1, 0.15) is 20.8 Å². The van der Waals surface area contributed by atoms with Crippen LogP contribution in [0.3, 0.4) is 0 Å². The molecule has 0 saturated carbocycles. The number of hydrogen-bond acceptors (Lipinski definition) is 7. The molecule has 0 aliphatic carbocycles. The number of aryl methyl sites for hydroxylation is 1. The minimum absolute atomic E-state index is 0.0466. The molecule has 31 heavy (non-hydrogen) atoms. The van der Waals surface area contributed by atoms with Gasteiger partial charge in [-0.1, -0.05) is 17.4 Å². The molecule has 2 aromatic rings. The summed E-state index contributed by atoms with van der Waals surface area (Å²) in [6.07, 6.45) is 9.62. The average Bonchev–Trinajstić information content (AvgIpc) is 3.38. The summed E-state index contributed by atoms with van der Waals surface area (Å²) in [6.45, 7) is 6.37. The monoisotopic (exact) mass is 474 g/mol. The predicted octanol–water partition coefficient (Wildman–Crippen LogP) is 1.72. The van der Waals surface area contributed by atoms with Crippen molar-refractivity contribution in [3.05, 3.63) is 55.6 Å². The van der Waals surface area contributed by atoms with Gasteiger partial charge in [-0.25, -0.2) is 4.57 Å². The first-order valence-corrected chi connectivity index (χ1v) is 12.4. The largest absolute Gasteiger partial charge is 0.384 e. The molecule has 162 valence electrons. The maximum atomic E-state index is 13.4. The van der Waals surface area contributed by atoms with Gasteiger partial charge >= 0.3 is 5.13 Å². The first-order chi connectivity index (χ1) is 14.8. The van der Waals surface area contributed by atoms with E-state index in [0.29, 0.717) is 25.8 Å². The van der Waals surface area contributed by atoms with E-state index in [-0.39, 0.29) is 17.5 Å². The lowest BCUT2D eigenvalue weighted by molar-refractivity contribution is -0.653. The number of nitrogens with zero attached hydrogens (tertiary/aromatic N) is 5. The Balaban J connectivity index is 1.96. The van der Waals surface area contributed by atoms with E-state index in [1.165, 1.54) is 34.4 Å². The highest BCUT2D eigenvalue weighted by Gasteiger charge is 2.40. The Bertz CT molecular complexity index is 1310. The molecule has 2 aromatic heterocycles. The third-order valence-corrected chi connectivity index (χ3v) is 8.19. The van der Waals surface area contributed by atoms with Gasteiger partial charge in [0.1, 0.15) is 20.3 Å². The molecular formula is C21H24N5O2S3+. The predicted molar refractivity (Wildman–Crippen MR) is 129 cm³/mol. The fourth-order valence-corrected chi connectivity index (χ4v) is 6.69. The normalized spacial score (nSPS) is 21.4. The van der Waals surface area contributed by atoms with Gasteiger partial charge in [0.2, 0.25) is 0 Å². The van der Waals surface area contributed by atoms with Crippen LogP contribution >= 0.6 is 34.4 Å². The van der Waals surface area contributed by atoms with Gasteiger partial charge in [-0.15, -0.1) is 11.3 Å². The zero-order chi connectivity index (χ0) is 22.3. The third kappa shape index (κ3) is 3.83. The lowest BCUT2D eigenvalue weighted by atomic mass is 10.3. The van der Waals surface area contributed by atoms with Crippen molar-refractivity contribution in [3.63, 3.8) is 0 Å². The maximum Gasteiger partial charge on any atom is 0.384 e. The molecular weight excluding hydrogens is 450 g/mol. The number of aliphatic imine (C=N–C) groups is 1. The average molecular weight is 475 g/mol. The highest BCUT2D eigenvalue weighted by atomic mass is 32.2. The summed E-state index contributed by atoms with van der Waals surface area (Å²) in [5.74, 6) is -0.106. The molecule has 1 saturated heterocycles. The van der Waals surface area contributed by atoms with Crippen molar-refractivity contribution in [2.24, 2.45) is 12.0 Å². The number of allylic oxidation sites excluding steroid dienone is 2. The third-order valence-electron chi connectivity index (χ3n) is 4.96. The van der Waals surface area contributed by atoms with E-state index in [0.717, 1.165) is 10.8 Å². The molecule has 1 amide bonds. The van der Waals surface area contributed by atoms with Crippen LogP contribution in [0.15, 0.2) is 45.8 Å². The summed E-state index contributed by atoms with van der Waals surface area (Å²) in [6, 6.07) is -0.0466. The molecule has 0 atom stereocenters. The molecule has 0 radical (unpaired) electrons. The molecule has 0 unspecified atom stereocenters. The molecule has 10 heteroatoms. The molecule has 0 spiro atoms. The molecule has 4 heterocycles. The summed E-state index contributed by atoms with van der Waals surface area (Å²) < 4.78 is 4.94. The van der Waals surface area contributed by atoms with Crippen LogP contribution in [-0.4, -0.2) is 38.5 Å². The number of likely N-dealkylation sites (N-methyl/N-ethyl adjacent to an activating group) is 1. The van der Waals surface area contributed by atoms with Gasteiger partial charge in [0.05, 0.1) is 12.7 Å². The molecule has 0 bridgehead atoms. The number of thiazole rings is 2. The summed E-state index contributed by atoms with van der Waals surface area (Å²) >= 11 is 4.24. The Morgan fingerprint density at radius 2 is 2.00 bits per heavy atom. The number of carbonyl (C=O) groups excluding carboxylic acids is 1. The Labute approximate surface area is 192 Å². The van der Waals surface area contributed by atoms with E-state index in [9.17, 15) is 9.59 Å². The lowest BCUT2D eigenvalue weighted by Crippen LogP contribution is -2.37. The van der Waals surface area contributed by atoms with Gasteiger partial charge in [-0.2, -0.15) is 0 Å². The summed E-state index contributed by atoms with van der Waals surface area (Å²) in [4.78, 5) is 35.6. The molecule has 1 fully saturated rings. The van der Waals surface area contributed by atoms with Crippen LogP contribution < -0.4 is 19.3 Å². The van der Waals surface area contributed by atoms with E-state index in [1.54, 1.807) is 9.47 Å². The Morgan fingerprint density at radius 3 is 2.61 bits per heavy atom. The summed E-state index contributed by atoms with van der Waals surface area (Å²) in [5.41, 5.74) is 0.763. The number of carbonyl (C=O) groups is 1. The first-order valence-electron chi connectivity index (χ1n) is 9.92. The minimum Gasteiger partial charge on any atom is -0.350 e. The zero-order valence-corrected chi connectivity index (χ0v) is 20.5. The number of amidine groups is 1. The summed E-state index contributed by atoms with van der Waals surface area (Å²) in [5, 5.41) is 3.42. The van der Waals surface area contributed by atoms with Crippen LogP contribution in [0, 0.1) is 0 Å². The number of amides is 1. The molecule has 0 N–H and O–H groups in total. The summed E-state index contributed by atoms with van der Waals surface area (Å²) in [7, 11) is 3.85. The Kier molecular flexibility index (Phi) is 6.05. The van der Waals surface area contributed by atoms with E-state index < -0.39 is 0 Å². The number of rotatable bonds is 3. The van der Waals surface area contributed by atoms with Gasteiger partial charge in [0.15, 0.2) is 0 Å². The van der Waals surface area contributed by atoms with Crippen molar-refractivity contribution < 1.29 is 9.36 Å². The van der Waals surface area contributed by atoms with Crippen LogP contribution in [0.2, 0.25) is 0 Å². The quantitative estimate of drug-likeness (QED) is 0.636. The topological polar surface area (TPSA) is 61.8 Å². The van der Waals surface area contributed by atoms with Crippen LogP contribution in [0.4, 0.5) is 5.13 Å². The first kappa shape index (κ1) is 21.8. The fraction of sp³-hybridized carbons (Fsp3) is 0.333. The standard InChI is InChI=1S/C21H24N5O2S3/c1-6-25-17(27)15(14-9-7-8-10-23(14)4)30-19(25)16-18(28)26(13(2)3)21(31-16)22-20-24(5)11-12-29-20/h7-13H,6H2,1-5H3/q+1/b15-14-,19-16-. The number of hydrogen-bond donors (Lipinski definition) is 0. The molecule has 2 aliphatic rings. The van der Waals surface area contributed by atoms with E-state index >= 15 is 0 Å². The molecule has 0 aromatic carbocycles. The lowest BCUT2D eigenvalue weighted by Gasteiger charge is -2.16. The molecule has 7 nitrogen and oxygen atoms in total. The van der Waals surface area contributed by atoms with Gasteiger partial charge < -0.3 is 4.90 Å². The van der Waals surface area contributed by atoms with Crippen LogP contribution in [0.25, 0.3) is 10.6 Å². The Morgan fingerprint density at radius 1 is 1.23 bits per heavy atom. The minimum atomic E-state index is -0.106. The highest BCUT2D eigenvalue weighted by Crippen LogP contribution is 2.34. The van der Waals surface area contributed by atoms with Crippen molar-refractivity contribution in [3.8, 4) is 0 Å². The van der Waals surface area contributed by atoms with E-state index in [1.807, 2.05) is 80.3 Å². The zero-order valence-electron chi connectivity index (χ0n) is 18.0. The van der Waals surface area contributed by atoms with E-state index in [4.69, 9.17) is 4.99 Å². The van der Waals surface area contributed by atoms with Crippen molar-refractivity contribution >= 4 is 61.2 Å². The van der Waals surface area contributed by atoms with Gasteiger partial charge in [0, 0.05) is 31.2 Å². The number of aromatic nitrogens is 2. The van der Waals surface area contributed by atoms with Gasteiger partial charge in [-0.05, 0) is 49.7 Å². The van der Waals surface area contributed by atoms with Crippen LogP contribution in [-0.2, 0) is 18.4 Å². The molecule has 2 aliphatic heterocycles. The van der Waals surface area contributed by atoms with Crippen molar-refractivity contribution in [2.45, 2.75) is 33.4 Å². The second kappa shape index (κ2) is 8.60. The second-order valence-electron chi connectivity index (χ2n) is 7.37. The second-order valence-corrected chi connectivity index (χ2v) is 10.2. The molecule has 4 rings (SSSR count).